The maximum atomic E-state index is 12.5. The van der Waals surface area contributed by atoms with Gasteiger partial charge in [-0.05, 0) is 74.3 Å². The minimum atomic E-state index is -3.43. The van der Waals surface area contributed by atoms with E-state index in [1.807, 2.05) is 18.2 Å². The number of likely N-dealkylation sites (N-methyl/N-ethyl adjacent to an activating group) is 1. The molecule has 1 atom stereocenters. The molecular weight excluding hydrogens is 356 g/mol. The molecule has 140 valence electrons. The van der Waals surface area contributed by atoms with Gasteiger partial charge in [-0.3, -0.25) is 0 Å². The summed E-state index contributed by atoms with van der Waals surface area (Å²) in [5.74, 6) is 0. The Balaban J connectivity index is 1.60. The van der Waals surface area contributed by atoms with Crippen molar-refractivity contribution in [1.29, 1.82) is 0 Å². The predicted molar refractivity (Wildman–Crippen MR) is 110 cm³/mol. The molecule has 3 aromatic rings. The van der Waals surface area contributed by atoms with E-state index in [4.69, 9.17) is 0 Å². The second-order valence-corrected chi connectivity index (χ2v) is 9.09. The summed E-state index contributed by atoms with van der Waals surface area (Å²) in [6, 6.07) is 15.1. The Bertz CT molecular complexity index is 1070. The first kappa shape index (κ1) is 18.0. The second kappa shape index (κ2) is 7.33. The number of rotatable bonds is 5. The van der Waals surface area contributed by atoms with Gasteiger partial charge >= 0.3 is 0 Å². The van der Waals surface area contributed by atoms with Crippen molar-refractivity contribution in [2.24, 2.45) is 0 Å². The third-order valence-corrected chi connectivity index (χ3v) is 6.85. The van der Waals surface area contributed by atoms with Crippen LogP contribution in [0.25, 0.3) is 17.0 Å². The van der Waals surface area contributed by atoms with Crippen LogP contribution in [0.2, 0.25) is 0 Å². The van der Waals surface area contributed by atoms with Gasteiger partial charge in [-0.15, -0.1) is 0 Å². The van der Waals surface area contributed by atoms with Crippen LogP contribution in [0.15, 0.2) is 65.0 Å². The molecule has 2 aromatic carbocycles. The normalized spacial score (nSPS) is 18.6. The maximum absolute atomic E-state index is 12.5. The number of nitrogens with zero attached hydrogens (tertiary/aromatic N) is 1. The van der Waals surface area contributed by atoms with Gasteiger partial charge in [0.1, 0.15) is 0 Å². The van der Waals surface area contributed by atoms with Crippen molar-refractivity contribution >= 4 is 26.8 Å². The highest BCUT2D eigenvalue weighted by atomic mass is 32.2. The van der Waals surface area contributed by atoms with Gasteiger partial charge in [-0.1, -0.05) is 24.3 Å². The van der Waals surface area contributed by atoms with E-state index in [1.54, 1.807) is 30.3 Å². The van der Waals surface area contributed by atoms with E-state index in [-0.39, 0.29) is 0 Å². The van der Waals surface area contributed by atoms with Crippen LogP contribution >= 0.6 is 0 Å². The zero-order chi connectivity index (χ0) is 18.9. The molecule has 0 spiro atoms. The highest BCUT2D eigenvalue weighted by Gasteiger charge is 2.22. The van der Waals surface area contributed by atoms with E-state index in [0.29, 0.717) is 10.9 Å². The molecule has 1 fully saturated rings. The number of benzene rings is 2. The fraction of sp³-hybridized carbons (Fsp3) is 0.273. The number of aromatic amines is 1. The molecule has 1 aliphatic rings. The molecule has 1 saturated heterocycles. The third kappa shape index (κ3) is 3.84. The quantitative estimate of drug-likeness (QED) is 0.720. The number of aromatic nitrogens is 1. The molecule has 2 heterocycles. The molecule has 1 aliphatic heterocycles. The molecule has 0 saturated carbocycles. The largest absolute Gasteiger partial charge is 0.361 e. The van der Waals surface area contributed by atoms with Gasteiger partial charge in [0.15, 0.2) is 9.84 Å². The minimum absolute atomic E-state index is 0.314. The molecule has 4 nitrogen and oxygen atoms in total. The summed E-state index contributed by atoms with van der Waals surface area (Å²) in [5.41, 5.74) is 3.28. The Morgan fingerprint density at radius 3 is 2.74 bits per heavy atom. The Morgan fingerprint density at radius 1 is 1.19 bits per heavy atom. The molecule has 4 rings (SSSR count). The molecule has 1 aromatic heterocycles. The van der Waals surface area contributed by atoms with Crippen LogP contribution in [0.4, 0.5) is 0 Å². The average molecular weight is 381 g/mol. The van der Waals surface area contributed by atoms with Gasteiger partial charge in [-0.25, -0.2) is 8.42 Å². The number of fused-ring (bicyclic) bond motifs is 1. The molecular formula is C22H24N2O2S. The summed E-state index contributed by atoms with van der Waals surface area (Å²) in [6.07, 6.45) is 7.28. The number of likely N-dealkylation sites (tertiary alicyclic amines) is 1. The van der Waals surface area contributed by atoms with Crippen molar-refractivity contribution in [2.75, 3.05) is 13.6 Å². The van der Waals surface area contributed by atoms with Crippen molar-refractivity contribution in [3.05, 3.63) is 71.3 Å². The molecule has 0 aliphatic carbocycles. The van der Waals surface area contributed by atoms with E-state index < -0.39 is 9.84 Å². The summed E-state index contributed by atoms with van der Waals surface area (Å²) in [6.45, 7) is 1.17. The van der Waals surface area contributed by atoms with Crippen molar-refractivity contribution in [2.45, 2.75) is 30.2 Å². The SMILES string of the molecule is CN1CCCC1Cc1c[nH]c2ccc(C=CS(=O)(=O)c3ccccc3)cc12. The Hall–Kier alpha value is -2.37. The minimum Gasteiger partial charge on any atom is -0.361 e. The lowest BCUT2D eigenvalue weighted by Crippen LogP contribution is -2.26. The van der Waals surface area contributed by atoms with E-state index in [9.17, 15) is 8.42 Å². The first-order chi connectivity index (χ1) is 13.0. The van der Waals surface area contributed by atoms with Crippen LogP contribution in [0.5, 0.6) is 0 Å². The Morgan fingerprint density at radius 2 is 2.00 bits per heavy atom. The van der Waals surface area contributed by atoms with Crippen LogP contribution in [0.3, 0.4) is 0 Å². The average Bonchev–Trinajstić information content (AvgIpc) is 3.27. The van der Waals surface area contributed by atoms with Crippen molar-refractivity contribution < 1.29 is 8.42 Å². The predicted octanol–water partition coefficient (Wildman–Crippen LogP) is 4.25. The number of nitrogens with one attached hydrogen (secondary N) is 1. The lowest BCUT2D eigenvalue weighted by atomic mass is 10.0. The third-order valence-electron chi connectivity index (χ3n) is 5.43. The van der Waals surface area contributed by atoms with Crippen molar-refractivity contribution in [3.63, 3.8) is 0 Å². The van der Waals surface area contributed by atoms with E-state index in [0.717, 1.165) is 17.5 Å². The summed E-state index contributed by atoms with van der Waals surface area (Å²) in [7, 11) is -1.24. The molecule has 5 heteroatoms. The van der Waals surface area contributed by atoms with Crippen LogP contribution in [0, 0.1) is 0 Å². The number of hydrogen-bond donors (Lipinski definition) is 1. The maximum Gasteiger partial charge on any atom is 0.199 e. The summed E-state index contributed by atoms with van der Waals surface area (Å²) < 4.78 is 24.9. The van der Waals surface area contributed by atoms with Crippen LogP contribution < -0.4 is 0 Å². The molecule has 0 bridgehead atoms. The molecule has 0 amide bonds. The standard InChI is InChI=1S/C22H24N2O2S/c1-24-12-5-6-19(24)15-18-16-23-22-10-9-17(14-21(18)22)11-13-27(25,26)20-7-3-2-4-8-20/h2-4,7-11,13-14,16,19,23H,5-6,12,15H2,1H3. The van der Waals surface area contributed by atoms with Crippen LogP contribution in [-0.4, -0.2) is 37.9 Å². The van der Waals surface area contributed by atoms with Gasteiger partial charge < -0.3 is 9.88 Å². The van der Waals surface area contributed by atoms with Gasteiger partial charge in [0, 0.05) is 28.5 Å². The zero-order valence-electron chi connectivity index (χ0n) is 15.4. The van der Waals surface area contributed by atoms with Crippen LogP contribution in [-0.2, 0) is 16.3 Å². The number of H-pyrrole nitrogens is 1. The highest BCUT2D eigenvalue weighted by Crippen LogP contribution is 2.26. The fourth-order valence-corrected chi connectivity index (χ4v) is 4.85. The van der Waals surface area contributed by atoms with E-state index in [1.165, 1.54) is 35.7 Å². The monoisotopic (exact) mass is 380 g/mol. The van der Waals surface area contributed by atoms with E-state index >= 15 is 0 Å². The second-order valence-electron chi connectivity index (χ2n) is 7.26. The van der Waals surface area contributed by atoms with Gasteiger partial charge in [0.25, 0.3) is 0 Å². The molecule has 0 radical (unpaired) electrons. The molecule has 1 N–H and O–H groups in total. The van der Waals surface area contributed by atoms with Gasteiger partial charge in [-0.2, -0.15) is 0 Å². The fourth-order valence-electron chi connectivity index (χ4n) is 3.82. The zero-order valence-corrected chi connectivity index (χ0v) is 16.2. The van der Waals surface area contributed by atoms with Gasteiger partial charge in [0.2, 0.25) is 0 Å². The first-order valence-corrected chi connectivity index (χ1v) is 10.9. The van der Waals surface area contributed by atoms with Crippen LogP contribution in [0.1, 0.15) is 24.0 Å². The molecule has 1 unspecified atom stereocenters. The van der Waals surface area contributed by atoms with Crippen molar-refractivity contribution in [1.82, 2.24) is 9.88 Å². The number of hydrogen-bond acceptors (Lipinski definition) is 3. The lowest BCUT2D eigenvalue weighted by molar-refractivity contribution is 0.310. The topological polar surface area (TPSA) is 53.2 Å². The van der Waals surface area contributed by atoms with Crippen molar-refractivity contribution in [3.8, 4) is 0 Å². The summed E-state index contributed by atoms with van der Waals surface area (Å²) in [5, 5.41) is 2.47. The summed E-state index contributed by atoms with van der Waals surface area (Å²) >= 11 is 0. The number of sulfone groups is 1. The van der Waals surface area contributed by atoms with Gasteiger partial charge in [0.05, 0.1) is 4.90 Å². The first-order valence-electron chi connectivity index (χ1n) is 9.31. The molecule has 27 heavy (non-hydrogen) atoms. The Kier molecular flexibility index (Phi) is 4.89. The highest BCUT2D eigenvalue weighted by molar-refractivity contribution is 7.94. The smallest absolute Gasteiger partial charge is 0.199 e. The Labute approximate surface area is 160 Å². The summed E-state index contributed by atoms with van der Waals surface area (Å²) in [4.78, 5) is 6.08. The lowest BCUT2D eigenvalue weighted by Gasteiger charge is -2.18. The van der Waals surface area contributed by atoms with E-state index in [2.05, 4.69) is 29.2 Å².